The number of benzene rings is 12. The van der Waals surface area contributed by atoms with E-state index in [1.165, 1.54) is 65.6 Å². The lowest BCUT2D eigenvalue weighted by atomic mass is 9.86. The van der Waals surface area contributed by atoms with Crippen LogP contribution in [0.4, 0.5) is 34.1 Å². The third-order valence-corrected chi connectivity index (χ3v) is 16.2. The summed E-state index contributed by atoms with van der Waals surface area (Å²) in [7, 11) is 0. The minimum absolute atomic E-state index is 0.0581. The molecule has 4 aromatic heterocycles. The molecule has 5 heteroatoms. The Hall–Kier alpha value is -9.84. The lowest BCUT2D eigenvalue weighted by Gasteiger charge is -2.26. The summed E-state index contributed by atoms with van der Waals surface area (Å²) in [5, 5.41) is 14.0. The number of rotatable bonds is 7. The van der Waals surface area contributed by atoms with Gasteiger partial charge in [0.05, 0.1) is 27.9 Å². The third kappa shape index (κ3) is 6.66. The molecule has 0 atom stereocenters. The Morgan fingerprint density at radius 3 is 1.26 bits per heavy atom. The number of hydrogen-bond acceptors (Lipinski definition) is 4. The molecular weight excluding hydrogens is 939 g/mol. The van der Waals surface area contributed by atoms with Crippen LogP contribution < -0.4 is 9.80 Å². The van der Waals surface area contributed by atoms with Crippen molar-refractivity contribution in [2.24, 2.45) is 0 Å². The summed E-state index contributed by atoms with van der Waals surface area (Å²) in [6.45, 7) is 6.84. The highest BCUT2D eigenvalue weighted by molar-refractivity contribution is 6.27. The first-order chi connectivity index (χ1) is 37.8. The number of fused-ring (bicyclic) bond motifs is 14. The first kappa shape index (κ1) is 43.5. The summed E-state index contributed by atoms with van der Waals surface area (Å²) < 4.78 is 15.9. The Morgan fingerprint density at radius 1 is 0.325 bits per heavy atom. The van der Waals surface area contributed by atoms with E-state index in [1.807, 2.05) is 12.1 Å². The number of furan rings is 2. The molecule has 16 rings (SSSR count). The van der Waals surface area contributed by atoms with Crippen LogP contribution in [0.15, 0.2) is 251 Å². The van der Waals surface area contributed by atoms with Gasteiger partial charge < -0.3 is 23.0 Å². The molecule has 364 valence electrons. The van der Waals surface area contributed by atoms with E-state index in [0.29, 0.717) is 0 Å². The quantitative estimate of drug-likeness (QED) is 0.159. The van der Waals surface area contributed by atoms with Gasteiger partial charge in [0.15, 0.2) is 11.2 Å². The molecule has 0 fully saturated rings. The van der Waals surface area contributed by atoms with Crippen molar-refractivity contribution in [1.82, 2.24) is 4.40 Å². The predicted molar refractivity (Wildman–Crippen MR) is 324 cm³/mol. The van der Waals surface area contributed by atoms with Crippen molar-refractivity contribution in [2.45, 2.75) is 26.2 Å². The first-order valence-corrected chi connectivity index (χ1v) is 26.6. The average molecular weight is 988 g/mol. The van der Waals surface area contributed by atoms with Gasteiger partial charge in [-0.2, -0.15) is 0 Å². The molecule has 0 aliphatic heterocycles. The van der Waals surface area contributed by atoms with Crippen molar-refractivity contribution in [3.05, 3.63) is 248 Å². The van der Waals surface area contributed by atoms with Crippen molar-refractivity contribution in [3.8, 4) is 11.1 Å². The molecular formula is C72H49N3O2. The lowest BCUT2D eigenvalue weighted by molar-refractivity contribution is 0.590. The van der Waals surface area contributed by atoms with Crippen molar-refractivity contribution < 1.29 is 8.83 Å². The SMILES string of the molecule is CC(C)(C)c1ccc(-c2cc3c4cc5ccc(N(c6ccccc6)c6cccc7c6oc6ccccc67)cc5cc4n4c5cc6cc(N(c7ccccc7)c7cccc8c7oc7ccccc78)ccc6cc5c(c2)c34)cc1. The largest absolute Gasteiger partial charge is 0.454 e. The summed E-state index contributed by atoms with van der Waals surface area (Å²) >= 11 is 0. The summed E-state index contributed by atoms with van der Waals surface area (Å²) in [5.74, 6) is 0. The number of hydrogen-bond donors (Lipinski definition) is 0. The second-order valence-corrected chi connectivity index (χ2v) is 21.7. The standard InChI is InChI=1S/C72H49N3O2/c1-72(2,3)50-32-28-44(29-33-50)49-40-61-59-38-45-30-34-53(73(51-16-6-4-7-17-51)63-24-14-22-57-55-20-10-12-26-67(55)76-70(57)63)36-47(45)42-65(59)75-66-43-48-37-54(35-31-46(48)39-60(66)62(41-49)69(61)75)74(52-18-8-5-9-19-52)64-25-15-23-58-56-21-11-13-27-68(56)77-71(58)64/h4-43H,1-3H3. The van der Waals surface area contributed by atoms with E-state index in [9.17, 15) is 0 Å². The minimum Gasteiger partial charge on any atom is -0.454 e. The molecule has 0 aliphatic carbocycles. The van der Waals surface area contributed by atoms with E-state index in [2.05, 4.69) is 265 Å². The molecule has 77 heavy (non-hydrogen) atoms. The van der Waals surface area contributed by atoms with Gasteiger partial charge in [0, 0.05) is 65.8 Å². The number of anilines is 6. The first-order valence-electron chi connectivity index (χ1n) is 26.6. The Kier molecular flexibility index (Phi) is 9.24. The van der Waals surface area contributed by atoms with E-state index in [-0.39, 0.29) is 5.41 Å². The van der Waals surface area contributed by atoms with Gasteiger partial charge in [0.2, 0.25) is 0 Å². The van der Waals surface area contributed by atoms with E-state index in [1.54, 1.807) is 0 Å². The monoisotopic (exact) mass is 987 g/mol. The van der Waals surface area contributed by atoms with Crippen LogP contribution in [0.1, 0.15) is 26.3 Å². The molecule has 0 aliphatic rings. The topological polar surface area (TPSA) is 37.2 Å². The van der Waals surface area contributed by atoms with Crippen molar-refractivity contribution in [1.29, 1.82) is 0 Å². The molecule has 0 saturated carbocycles. The fraction of sp³-hybridized carbons (Fsp3) is 0.0556. The molecule has 4 heterocycles. The maximum atomic E-state index is 6.69. The highest BCUT2D eigenvalue weighted by atomic mass is 16.3. The average Bonchev–Trinajstić information content (AvgIpc) is 4.39. The van der Waals surface area contributed by atoms with Gasteiger partial charge in [-0.3, -0.25) is 0 Å². The molecule has 12 aromatic carbocycles. The zero-order valence-corrected chi connectivity index (χ0v) is 42.8. The van der Waals surface area contributed by atoms with Gasteiger partial charge >= 0.3 is 0 Å². The van der Waals surface area contributed by atoms with Crippen LogP contribution in [0, 0.1) is 0 Å². The Balaban J connectivity index is 0.931. The van der Waals surface area contributed by atoms with Crippen LogP contribution in [0.2, 0.25) is 0 Å². The van der Waals surface area contributed by atoms with Crippen LogP contribution in [0.25, 0.3) is 115 Å². The highest BCUT2D eigenvalue weighted by Crippen LogP contribution is 2.48. The zero-order chi connectivity index (χ0) is 51.1. The van der Waals surface area contributed by atoms with E-state index >= 15 is 0 Å². The maximum absolute atomic E-state index is 6.69. The summed E-state index contributed by atoms with van der Waals surface area (Å²) in [5.41, 5.74) is 17.1. The summed E-state index contributed by atoms with van der Waals surface area (Å²) in [4.78, 5) is 4.67. The minimum atomic E-state index is 0.0581. The van der Waals surface area contributed by atoms with Gasteiger partial charge in [0.1, 0.15) is 11.2 Å². The fourth-order valence-electron chi connectivity index (χ4n) is 12.4. The maximum Gasteiger partial charge on any atom is 0.159 e. The number of para-hydroxylation sites is 6. The molecule has 0 saturated heterocycles. The van der Waals surface area contributed by atoms with Gasteiger partial charge in [-0.05, 0) is 153 Å². The van der Waals surface area contributed by atoms with Crippen LogP contribution in [-0.2, 0) is 5.41 Å². The van der Waals surface area contributed by atoms with Crippen LogP contribution in [0.5, 0.6) is 0 Å². The molecule has 0 unspecified atom stereocenters. The van der Waals surface area contributed by atoms with Crippen molar-refractivity contribution in [2.75, 3.05) is 9.80 Å². The zero-order valence-electron chi connectivity index (χ0n) is 42.8. The van der Waals surface area contributed by atoms with Crippen LogP contribution in [0.3, 0.4) is 0 Å². The van der Waals surface area contributed by atoms with E-state index < -0.39 is 0 Å². The number of nitrogens with zero attached hydrogens (tertiary/aromatic N) is 3. The van der Waals surface area contributed by atoms with Gasteiger partial charge in [0.25, 0.3) is 0 Å². The van der Waals surface area contributed by atoms with Crippen molar-refractivity contribution in [3.63, 3.8) is 0 Å². The molecule has 5 nitrogen and oxygen atoms in total. The Bertz CT molecular complexity index is 4740. The lowest BCUT2D eigenvalue weighted by Crippen LogP contribution is -2.10. The van der Waals surface area contributed by atoms with Gasteiger partial charge in [-0.1, -0.05) is 154 Å². The molecule has 0 bridgehead atoms. The van der Waals surface area contributed by atoms with E-state index in [4.69, 9.17) is 8.83 Å². The highest BCUT2D eigenvalue weighted by Gasteiger charge is 2.25. The third-order valence-electron chi connectivity index (χ3n) is 16.2. The second-order valence-electron chi connectivity index (χ2n) is 21.7. The fourth-order valence-corrected chi connectivity index (χ4v) is 12.4. The number of aromatic nitrogens is 1. The molecule has 0 amide bonds. The predicted octanol–water partition coefficient (Wildman–Crippen LogP) is 20.8. The molecule has 0 radical (unpaired) electrons. The van der Waals surface area contributed by atoms with Crippen molar-refractivity contribution >= 4 is 138 Å². The summed E-state index contributed by atoms with van der Waals surface area (Å²) in [6.07, 6.45) is 0. The molecule has 16 aromatic rings. The smallest absolute Gasteiger partial charge is 0.159 e. The van der Waals surface area contributed by atoms with Crippen LogP contribution in [-0.4, -0.2) is 4.40 Å². The Labute approximate surface area is 444 Å². The molecule has 0 N–H and O–H groups in total. The second kappa shape index (κ2) is 16.3. The summed E-state index contributed by atoms with van der Waals surface area (Å²) in [6, 6.07) is 88.4. The normalized spacial score (nSPS) is 12.4. The van der Waals surface area contributed by atoms with E-state index in [0.717, 1.165) is 88.8 Å². The Morgan fingerprint density at radius 2 is 0.779 bits per heavy atom. The van der Waals surface area contributed by atoms with Gasteiger partial charge in [-0.15, -0.1) is 0 Å². The van der Waals surface area contributed by atoms with Gasteiger partial charge in [-0.25, -0.2) is 0 Å². The van der Waals surface area contributed by atoms with Crippen LogP contribution >= 0.6 is 0 Å². The molecule has 0 spiro atoms.